The summed E-state index contributed by atoms with van der Waals surface area (Å²) in [5, 5.41) is 5.80. The van der Waals surface area contributed by atoms with Gasteiger partial charge in [0.05, 0.1) is 6.42 Å². The molecule has 1 aliphatic carbocycles. The van der Waals surface area contributed by atoms with E-state index in [-0.39, 0.29) is 19.3 Å². The van der Waals surface area contributed by atoms with E-state index < -0.39 is 79.9 Å². The molecule has 0 radical (unpaired) electrons. The Balaban J connectivity index is 2.91. The Kier molecular flexibility index (Phi) is 9.67. The van der Waals surface area contributed by atoms with Gasteiger partial charge in [-0.1, -0.05) is 0 Å². The molecule has 1 saturated carbocycles. The summed E-state index contributed by atoms with van der Waals surface area (Å²) in [5.41, 5.74) is 0. The van der Waals surface area contributed by atoms with E-state index >= 15 is 0 Å². The summed E-state index contributed by atoms with van der Waals surface area (Å²) < 4.78 is 60.4. The number of carbonyl (C=O) groups is 5. The summed E-state index contributed by atoms with van der Waals surface area (Å²) in [6, 6.07) is -1.68. The van der Waals surface area contributed by atoms with Crippen molar-refractivity contribution in [1.82, 2.24) is 16.0 Å². The zero-order valence-electron chi connectivity index (χ0n) is 16.1. The van der Waals surface area contributed by atoms with Gasteiger partial charge in [-0.15, -0.1) is 0 Å². The van der Waals surface area contributed by atoms with Gasteiger partial charge in [-0.3, -0.25) is 23.5 Å². The van der Waals surface area contributed by atoms with Gasteiger partial charge in [-0.25, -0.2) is 0 Å². The second kappa shape index (κ2) is 11.3. The molecule has 3 amide bonds. The largest absolute Gasteiger partial charge is 0.344 e. The first kappa shape index (κ1) is 26.6. The van der Waals surface area contributed by atoms with Crippen LogP contribution in [0.3, 0.4) is 0 Å². The molecule has 4 atom stereocenters. The fourth-order valence-electron chi connectivity index (χ4n) is 3.06. The van der Waals surface area contributed by atoms with Crippen molar-refractivity contribution in [2.75, 3.05) is 11.8 Å². The minimum absolute atomic E-state index is 0.0913. The van der Waals surface area contributed by atoms with Gasteiger partial charge in [0.2, 0.25) is 17.7 Å². The Morgan fingerprint density at radius 2 is 1.35 bits per heavy atom. The summed E-state index contributed by atoms with van der Waals surface area (Å²) in [5.74, 6) is -7.40. The lowest BCUT2D eigenvalue weighted by Gasteiger charge is -2.30. The highest BCUT2D eigenvalue weighted by Gasteiger charge is 2.35. The second-order valence-corrected chi connectivity index (χ2v) is 9.96. The molecular weight excluding hydrogens is 462 g/mol. The van der Waals surface area contributed by atoms with Crippen molar-refractivity contribution in [3.63, 3.8) is 0 Å². The number of carbonyl (C=O) groups excluding carboxylic acids is 5. The highest BCUT2D eigenvalue weighted by atomic mass is 32.2. The third kappa shape index (κ3) is 10.4. The van der Waals surface area contributed by atoms with E-state index in [4.69, 9.17) is 9.11 Å². The minimum Gasteiger partial charge on any atom is -0.344 e. The molecule has 0 aromatic carbocycles. The monoisotopic (exact) mass is 485 g/mol. The molecule has 0 spiro atoms. The lowest BCUT2D eigenvalue weighted by Crippen LogP contribution is -2.52. The zero-order chi connectivity index (χ0) is 23.8. The zero-order valence-corrected chi connectivity index (χ0v) is 17.7. The summed E-state index contributed by atoms with van der Waals surface area (Å²) in [6.45, 7) is 0. The van der Waals surface area contributed by atoms with Gasteiger partial charge in [0.25, 0.3) is 20.2 Å². The molecule has 176 valence electrons. The molecule has 0 aromatic heterocycles. The number of rotatable bonds is 11. The number of hydrogen-bond acceptors (Lipinski definition) is 9. The molecule has 16 heteroatoms. The molecule has 31 heavy (non-hydrogen) atoms. The van der Waals surface area contributed by atoms with Crippen LogP contribution in [-0.4, -0.2) is 74.0 Å². The van der Waals surface area contributed by atoms with E-state index in [9.17, 15) is 40.8 Å². The lowest BCUT2D eigenvalue weighted by atomic mass is 9.76. The first-order valence-electron chi connectivity index (χ1n) is 8.89. The third-order valence-corrected chi connectivity index (χ3v) is 5.46. The molecular formula is C15H23N3O11S2. The fourth-order valence-corrected chi connectivity index (χ4v) is 3.73. The number of aldehydes is 2. The predicted molar refractivity (Wildman–Crippen MR) is 102 cm³/mol. The summed E-state index contributed by atoms with van der Waals surface area (Å²) >= 11 is 0. The molecule has 0 aromatic rings. The van der Waals surface area contributed by atoms with E-state index in [0.717, 1.165) is 0 Å². The van der Waals surface area contributed by atoms with Crippen molar-refractivity contribution in [3.8, 4) is 0 Å². The maximum Gasteiger partial charge on any atom is 0.283 e. The number of nitrogens with one attached hydrogen (secondary N) is 3. The number of hydrogen-bond donors (Lipinski definition) is 5. The summed E-state index contributed by atoms with van der Waals surface area (Å²) in [4.78, 5) is 58.8. The molecule has 1 aliphatic rings. The quantitative estimate of drug-likeness (QED) is 0.148. The van der Waals surface area contributed by atoms with Gasteiger partial charge in [0.15, 0.2) is 0 Å². The Hall–Kier alpha value is -2.43. The van der Waals surface area contributed by atoms with Crippen LogP contribution in [-0.2, 0) is 44.2 Å². The van der Waals surface area contributed by atoms with Gasteiger partial charge in [-0.2, -0.15) is 16.8 Å². The first-order chi connectivity index (χ1) is 14.2. The van der Waals surface area contributed by atoms with E-state index in [1.807, 2.05) is 0 Å². The highest BCUT2D eigenvalue weighted by Crippen LogP contribution is 2.31. The van der Waals surface area contributed by atoms with Crippen molar-refractivity contribution in [1.29, 1.82) is 0 Å². The van der Waals surface area contributed by atoms with Crippen LogP contribution < -0.4 is 16.0 Å². The van der Waals surface area contributed by atoms with E-state index in [2.05, 4.69) is 5.32 Å². The van der Waals surface area contributed by atoms with Gasteiger partial charge in [0, 0.05) is 17.8 Å². The van der Waals surface area contributed by atoms with Crippen LogP contribution in [0, 0.1) is 17.8 Å². The Bertz CT molecular complexity index is 900. The average Bonchev–Trinajstić information content (AvgIpc) is 2.68. The molecule has 0 bridgehead atoms. The molecule has 1 rings (SSSR count). The normalized spacial score (nSPS) is 22.6. The Morgan fingerprint density at radius 1 is 0.871 bits per heavy atom. The minimum atomic E-state index is -4.62. The van der Waals surface area contributed by atoms with Crippen LogP contribution >= 0.6 is 0 Å². The van der Waals surface area contributed by atoms with Crippen LogP contribution in [0.25, 0.3) is 0 Å². The van der Waals surface area contributed by atoms with Gasteiger partial charge < -0.3 is 25.5 Å². The fraction of sp³-hybridized carbons (Fsp3) is 0.667. The number of amides is 3. The van der Waals surface area contributed by atoms with Crippen LogP contribution in [0.15, 0.2) is 0 Å². The van der Waals surface area contributed by atoms with E-state index in [0.29, 0.717) is 12.6 Å². The molecule has 0 heterocycles. The molecule has 14 nitrogen and oxygen atoms in total. The van der Waals surface area contributed by atoms with Gasteiger partial charge >= 0.3 is 0 Å². The Morgan fingerprint density at radius 3 is 1.81 bits per heavy atom. The van der Waals surface area contributed by atoms with Crippen molar-refractivity contribution in [2.45, 2.75) is 31.7 Å². The van der Waals surface area contributed by atoms with Crippen LogP contribution in [0.1, 0.15) is 25.7 Å². The summed E-state index contributed by atoms with van der Waals surface area (Å²) in [7, 11) is -9.18. The molecule has 0 aliphatic heterocycles. The highest BCUT2D eigenvalue weighted by molar-refractivity contribution is 7.86. The predicted octanol–water partition coefficient (Wildman–Crippen LogP) is -2.79. The SMILES string of the molecule is O=C[C@@H]1C[C@H](C=O)C[C@H](C(=O)NC(CC(=O)NCS(=O)(=O)O)C(=O)NCS(=O)(=O)O)C1. The van der Waals surface area contributed by atoms with E-state index in [1.54, 1.807) is 10.6 Å². The summed E-state index contributed by atoms with van der Waals surface area (Å²) in [6.07, 6.45) is 0.832. The second-order valence-electron chi connectivity index (χ2n) is 7.06. The smallest absolute Gasteiger partial charge is 0.283 e. The standard InChI is InChI=1S/C15H23N3O11S2/c19-5-9-1-10(6-20)3-11(2-9)14(22)18-12(15(23)17-8-31(27,28)29)4-13(21)16-7-30(24,25)26/h5-6,9-12H,1-4,7-8H2,(H,16,21)(H,17,23)(H,18,22)(H,24,25,26)(H,27,28,29)/t9-,10+,11-,12?. The van der Waals surface area contributed by atoms with Crippen molar-refractivity contribution >= 4 is 50.5 Å². The van der Waals surface area contributed by atoms with Crippen molar-refractivity contribution in [3.05, 3.63) is 0 Å². The third-order valence-electron chi connectivity index (χ3n) is 4.44. The van der Waals surface area contributed by atoms with Crippen LogP contribution in [0.4, 0.5) is 0 Å². The lowest BCUT2D eigenvalue weighted by molar-refractivity contribution is -0.134. The van der Waals surface area contributed by atoms with Crippen molar-refractivity contribution < 1.29 is 49.9 Å². The van der Waals surface area contributed by atoms with Crippen LogP contribution in [0.5, 0.6) is 0 Å². The first-order valence-corrected chi connectivity index (χ1v) is 12.1. The van der Waals surface area contributed by atoms with Gasteiger partial charge in [-0.05, 0) is 19.3 Å². The molecule has 1 unspecified atom stereocenters. The Labute approximate surface area is 178 Å². The molecule has 0 saturated heterocycles. The van der Waals surface area contributed by atoms with Crippen LogP contribution in [0.2, 0.25) is 0 Å². The average molecular weight is 485 g/mol. The molecule has 1 fully saturated rings. The maximum absolute atomic E-state index is 12.6. The topological polar surface area (TPSA) is 230 Å². The van der Waals surface area contributed by atoms with Crippen molar-refractivity contribution in [2.24, 2.45) is 17.8 Å². The maximum atomic E-state index is 12.6. The van der Waals surface area contributed by atoms with Gasteiger partial charge in [0.1, 0.15) is 30.4 Å². The molecule has 5 N–H and O–H groups in total. The van der Waals surface area contributed by atoms with E-state index in [1.165, 1.54) is 0 Å².